The van der Waals surface area contributed by atoms with E-state index in [1.807, 2.05) is 0 Å². The molecule has 0 fully saturated rings. The molecule has 0 spiro atoms. The summed E-state index contributed by atoms with van der Waals surface area (Å²) in [6.45, 7) is 0.236. The van der Waals surface area contributed by atoms with Crippen molar-refractivity contribution >= 4 is 0 Å². The summed E-state index contributed by atoms with van der Waals surface area (Å²) in [5, 5.41) is 17.8. The zero-order valence-corrected chi connectivity index (χ0v) is 9.43. The van der Waals surface area contributed by atoms with Crippen molar-refractivity contribution in [3.8, 4) is 17.6 Å². The van der Waals surface area contributed by atoms with Crippen LogP contribution in [0.5, 0.6) is 11.5 Å². The van der Waals surface area contributed by atoms with E-state index in [0.717, 1.165) is 0 Å². The fourth-order valence-corrected chi connectivity index (χ4v) is 1.46. The average molecular weight is 243 g/mol. The molecule has 2 rings (SSSR count). The lowest BCUT2D eigenvalue weighted by molar-refractivity contribution is 0.305. The van der Waals surface area contributed by atoms with Gasteiger partial charge < -0.3 is 9.84 Å². The van der Waals surface area contributed by atoms with Gasteiger partial charge in [0, 0.05) is 0 Å². The maximum absolute atomic E-state index is 13.1. The van der Waals surface area contributed by atoms with Gasteiger partial charge in [-0.2, -0.15) is 5.26 Å². The summed E-state index contributed by atoms with van der Waals surface area (Å²) in [6, 6.07) is 12.3. The van der Waals surface area contributed by atoms with Crippen molar-refractivity contribution < 1.29 is 14.2 Å². The molecular formula is C14H10FNO2. The van der Waals surface area contributed by atoms with Crippen molar-refractivity contribution in [3.05, 3.63) is 59.4 Å². The quantitative estimate of drug-likeness (QED) is 0.901. The molecule has 0 bridgehead atoms. The summed E-state index contributed by atoms with van der Waals surface area (Å²) in [5.74, 6) is 0.220. The van der Waals surface area contributed by atoms with Crippen LogP contribution in [0.3, 0.4) is 0 Å². The molecule has 0 radical (unpaired) electrons. The lowest BCUT2D eigenvalue weighted by atomic mass is 10.1. The molecule has 0 saturated carbocycles. The summed E-state index contributed by atoms with van der Waals surface area (Å²) in [5.41, 5.74) is 0.711. The Labute approximate surface area is 104 Å². The second kappa shape index (κ2) is 5.19. The van der Waals surface area contributed by atoms with Gasteiger partial charge in [-0.3, -0.25) is 0 Å². The van der Waals surface area contributed by atoms with E-state index in [4.69, 9.17) is 15.1 Å². The van der Waals surface area contributed by atoms with Crippen molar-refractivity contribution in [1.29, 1.82) is 5.26 Å². The predicted molar refractivity (Wildman–Crippen MR) is 63.6 cm³/mol. The molecule has 0 aliphatic heterocycles. The molecule has 0 heterocycles. The van der Waals surface area contributed by atoms with Crippen molar-refractivity contribution in [2.75, 3.05) is 0 Å². The van der Waals surface area contributed by atoms with Crippen molar-refractivity contribution in [3.63, 3.8) is 0 Å². The number of nitriles is 1. The number of aromatic hydroxyl groups is 1. The number of ether oxygens (including phenoxy) is 1. The Morgan fingerprint density at radius 1 is 1.17 bits per heavy atom. The molecule has 1 N–H and O–H groups in total. The van der Waals surface area contributed by atoms with Gasteiger partial charge in [-0.15, -0.1) is 0 Å². The Hall–Kier alpha value is -2.54. The topological polar surface area (TPSA) is 53.2 Å². The Kier molecular flexibility index (Phi) is 3.44. The van der Waals surface area contributed by atoms with E-state index in [-0.39, 0.29) is 17.9 Å². The van der Waals surface area contributed by atoms with E-state index in [1.54, 1.807) is 24.3 Å². The maximum Gasteiger partial charge on any atom is 0.140 e. The summed E-state index contributed by atoms with van der Waals surface area (Å²) in [7, 11) is 0. The van der Waals surface area contributed by atoms with Crippen LogP contribution in [0.2, 0.25) is 0 Å². The van der Waals surface area contributed by atoms with Crippen LogP contribution in [0.4, 0.5) is 4.39 Å². The summed E-state index contributed by atoms with van der Waals surface area (Å²) in [4.78, 5) is 0. The number of hydrogen-bond acceptors (Lipinski definition) is 3. The first-order valence-electron chi connectivity index (χ1n) is 5.29. The first-order valence-corrected chi connectivity index (χ1v) is 5.29. The number of hydrogen-bond donors (Lipinski definition) is 1. The van der Waals surface area contributed by atoms with Crippen LogP contribution >= 0.6 is 0 Å². The number of benzene rings is 2. The number of rotatable bonds is 3. The van der Waals surface area contributed by atoms with Crippen LogP contribution < -0.4 is 4.74 Å². The molecule has 18 heavy (non-hydrogen) atoms. The van der Waals surface area contributed by atoms with Gasteiger partial charge in [0.15, 0.2) is 0 Å². The molecule has 4 heteroatoms. The molecule has 3 nitrogen and oxygen atoms in total. The van der Waals surface area contributed by atoms with E-state index < -0.39 is 5.82 Å². The Morgan fingerprint density at radius 2 is 1.89 bits per heavy atom. The van der Waals surface area contributed by atoms with Crippen LogP contribution in [-0.4, -0.2) is 5.11 Å². The van der Waals surface area contributed by atoms with E-state index >= 15 is 0 Å². The molecule has 0 unspecified atom stereocenters. The third kappa shape index (κ3) is 2.77. The first kappa shape index (κ1) is 11.9. The Bertz CT molecular complexity index is 588. The predicted octanol–water partition coefficient (Wildman–Crippen LogP) is 2.98. The van der Waals surface area contributed by atoms with Crippen LogP contribution in [0.1, 0.15) is 11.1 Å². The van der Waals surface area contributed by atoms with E-state index in [0.29, 0.717) is 11.3 Å². The van der Waals surface area contributed by atoms with E-state index in [1.165, 1.54) is 24.3 Å². The summed E-state index contributed by atoms with van der Waals surface area (Å²) >= 11 is 0. The highest BCUT2D eigenvalue weighted by atomic mass is 19.1. The minimum absolute atomic E-state index is 0.00167. The van der Waals surface area contributed by atoms with E-state index in [2.05, 4.69) is 0 Å². The number of phenols is 1. The molecule has 2 aromatic rings. The molecule has 0 aliphatic rings. The normalized spacial score (nSPS) is 9.78. The molecule has 0 atom stereocenters. The van der Waals surface area contributed by atoms with Gasteiger partial charge in [-0.05, 0) is 42.0 Å². The van der Waals surface area contributed by atoms with Crippen molar-refractivity contribution in [2.45, 2.75) is 6.61 Å². The summed E-state index contributed by atoms with van der Waals surface area (Å²) in [6.07, 6.45) is 0. The zero-order valence-electron chi connectivity index (χ0n) is 9.43. The molecule has 0 aromatic heterocycles. The lowest BCUT2D eigenvalue weighted by Gasteiger charge is -2.06. The van der Waals surface area contributed by atoms with Gasteiger partial charge in [0.05, 0.1) is 5.56 Å². The smallest absolute Gasteiger partial charge is 0.140 e. The monoisotopic (exact) mass is 243 g/mol. The minimum atomic E-state index is -0.536. The Morgan fingerprint density at radius 3 is 2.56 bits per heavy atom. The summed E-state index contributed by atoms with van der Waals surface area (Å²) < 4.78 is 18.5. The lowest BCUT2D eigenvalue weighted by Crippen LogP contribution is -1.96. The van der Waals surface area contributed by atoms with Crippen LogP contribution in [-0.2, 0) is 6.61 Å². The van der Waals surface area contributed by atoms with Crippen LogP contribution in [0.15, 0.2) is 42.5 Å². The van der Waals surface area contributed by atoms with Gasteiger partial charge in [0.2, 0.25) is 0 Å². The largest absolute Gasteiger partial charge is 0.508 e. The van der Waals surface area contributed by atoms with Gasteiger partial charge in [-0.25, -0.2) is 4.39 Å². The average Bonchev–Trinajstić information content (AvgIpc) is 2.39. The second-order valence-corrected chi connectivity index (χ2v) is 3.71. The third-order valence-electron chi connectivity index (χ3n) is 2.39. The highest BCUT2D eigenvalue weighted by Crippen LogP contribution is 2.18. The SMILES string of the molecule is N#Cc1cc(COc2ccc(O)cc2)ccc1F. The molecule has 0 saturated heterocycles. The molecular weight excluding hydrogens is 233 g/mol. The van der Waals surface area contributed by atoms with Crippen LogP contribution in [0, 0.1) is 17.1 Å². The van der Waals surface area contributed by atoms with Crippen LogP contribution in [0.25, 0.3) is 0 Å². The van der Waals surface area contributed by atoms with Gasteiger partial charge in [0.1, 0.15) is 30.0 Å². The molecule has 2 aromatic carbocycles. The van der Waals surface area contributed by atoms with Gasteiger partial charge in [0.25, 0.3) is 0 Å². The molecule has 0 amide bonds. The standard InChI is InChI=1S/C14H10FNO2/c15-14-6-1-10(7-11(14)8-16)9-18-13-4-2-12(17)3-5-13/h1-7,17H,9H2. The molecule has 0 aliphatic carbocycles. The first-order chi connectivity index (χ1) is 8.69. The number of halogens is 1. The fourth-order valence-electron chi connectivity index (χ4n) is 1.46. The minimum Gasteiger partial charge on any atom is -0.508 e. The highest BCUT2D eigenvalue weighted by molar-refractivity contribution is 5.35. The maximum atomic E-state index is 13.1. The van der Waals surface area contributed by atoms with Crippen molar-refractivity contribution in [2.24, 2.45) is 0 Å². The third-order valence-corrected chi connectivity index (χ3v) is 2.39. The van der Waals surface area contributed by atoms with Crippen molar-refractivity contribution in [1.82, 2.24) is 0 Å². The fraction of sp³-hybridized carbons (Fsp3) is 0.0714. The number of phenolic OH excluding ortho intramolecular Hbond substituents is 1. The van der Waals surface area contributed by atoms with E-state index in [9.17, 15) is 4.39 Å². The number of nitrogens with zero attached hydrogens (tertiary/aromatic N) is 1. The highest BCUT2D eigenvalue weighted by Gasteiger charge is 2.03. The zero-order chi connectivity index (χ0) is 13.0. The second-order valence-electron chi connectivity index (χ2n) is 3.71. The van der Waals surface area contributed by atoms with Gasteiger partial charge in [-0.1, -0.05) is 6.07 Å². The Balaban J connectivity index is 2.06. The van der Waals surface area contributed by atoms with Gasteiger partial charge >= 0.3 is 0 Å². The molecule has 90 valence electrons.